The lowest BCUT2D eigenvalue weighted by molar-refractivity contribution is -0.143. The number of hydrogen-bond acceptors (Lipinski definition) is 4. The number of Topliss-reactive ketones (excluding diaryl/α,β-unsaturated/α-hetero) is 1. The molecule has 0 saturated heterocycles. The monoisotopic (exact) mass is 423 g/mol. The smallest absolute Gasteiger partial charge is 0.309 e. The summed E-state index contributed by atoms with van der Waals surface area (Å²) in [7, 11) is 0. The highest BCUT2D eigenvalue weighted by atomic mass is 19.1. The quantitative estimate of drug-likeness (QED) is 0.367. The first kappa shape index (κ1) is 22.3. The Labute approximate surface area is 181 Å². The SMILES string of the molecule is Cc1ccccc1OCCC(=O)OCC(=O)c1cc(C)n(Cc2ccc(F)cc2)c1C. The molecule has 31 heavy (non-hydrogen) atoms. The molecule has 1 heterocycles. The molecule has 0 spiro atoms. The van der Waals surface area contributed by atoms with E-state index in [1.807, 2.05) is 49.6 Å². The van der Waals surface area contributed by atoms with Crippen molar-refractivity contribution in [2.45, 2.75) is 33.7 Å². The fourth-order valence-corrected chi connectivity index (χ4v) is 3.36. The lowest BCUT2D eigenvalue weighted by atomic mass is 10.1. The molecule has 162 valence electrons. The number of aryl methyl sites for hydroxylation is 2. The van der Waals surface area contributed by atoms with Gasteiger partial charge in [0, 0.05) is 23.5 Å². The van der Waals surface area contributed by atoms with Gasteiger partial charge in [-0.1, -0.05) is 30.3 Å². The molecule has 2 aromatic carbocycles. The first-order valence-electron chi connectivity index (χ1n) is 10.1. The number of carbonyl (C=O) groups excluding carboxylic acids is 2. The third kappa shape index (κ3) is 5.81. The Bertz CT molecular complexity index is 1070. The molecule has 0 aliphatic carbocycles. The van der Waals surface area contributed by atoms with Crippen LogP contribution in [-0.4, -0.2) is 29.5 Å². The second-order valence-corrected chi connectivity index (χ2v) is 7.45. The molecule has 5 nitrogen and oxygen atoms in total. The highest BCUT2D eigenvalue weighted by Gasteiger charge is 2.17. The lowest BCUT2D eigenvalue weighted by Gasteiger charge is -2.10. The zero-order valence-electron chi connectivity index (χ0n) is 18.0. The molecule has 0 saturated carbocycles. The fraction of sp³-hybridized carbons (Fsp3) is 0.280. The van der Waals surface area contributed by atoms with Crippen molar-refractivity contribution in [3.63, 3.8) is 0 Å². The molecule has 0 radical (unpaired) electrons. The number of ketones is 1. The van der Waals surface area contributed by atoms with E-state index >= 15 is 0 Å². The first-order chi connectivity index (χ1) is 14.8. The average molecular weight is 423 g/mol. The van der Waals surface area contributed by atoms with Gasteiger partial charge in [0.2, 0.25) is 5.78 Å². The molecule has 1 aromatic heterocycles. The van der Waals surface area contributed by atoms with Crippen molar-refractivity contribution in [2.75, 3.05) is 13.2 Å². The minimum atomic E-state index is -0.484. The molecule has 0 bridgehead atoms. The van der Waals surface area contributed by atoms with Crippen LogP contribution in [0.1, 0.15) is 39.3 Å². The molecule has 0 fully saturated rings. The second-order valence-electron chi connectivity index (χ2n) is 7.45. The summed E-state index contributed by atoms with van der Waals surface area (Å²) in [5.74, 6) is -0.305. The average Bonchev–Trinajstić information content (AvgIpc) is 3.03. The minimum absolute atomic E-state index is 0.0607. The van der Waals surface area contributed by atoms with Crippen molar-refractivity contribution >= 4 is 11.8 Å². The van der Waals surface area contributed by atoms with Crippen LogP contribution in [0.3, 0.4) is 0 Å². The van der Waals surface area contributed by atoms with Gasteiger partial charge < -0.3 is 14.0 Å². The van der Waals surface area contributed by atoms with Gasteiger partial charge in [0.05, 0.1) is 13.0 Å². The van der Waals surface area contributed by atoms with Gasteiger partial charge >= 0.3 is 5.97 Å². The van der Waals surface area contributed by atoms with Crippen LogP contribution in [0.5, 0.6) is 5.75 Å². The standard InChI is InChI=1S/C25H26FNO4/c1-17-6-4-5-7-24(17)30-13-12-25(29)31-16-23(28)22-14-18(2)27(19(22)3)15-20-8-10-21(26)11-9-20/h4-11,14H,12-13,15-16H2,1-3H3. The van der Waals surface area contributed by atoms with Gasteiger partial charge in [-0.2, -0.15) is 0 Å². The first-order valence-corrected chi connectivity index (χ1v) is 10.1. The molecule has 3 rings (SSSR count). The summed E-state index contributed by atoms with van der Waals surface area (Å²) in [6, 6.07) is 15.6. The number of hydrogen-bond donors (Lipinski definition) is 0. The van der Waals surface area contributed by atoms with Crippen molar-refractivity contribution in [1.82, 2.24) is 4.57 Å². The Balaban J connectivity index is 1.52. The second kappa shape index (κ2) is 10.1. The molecular formula is C25H26FNO4. The van der Waals surface area contributed by atoms with Gasteiger partial charge in [-0.15, -0.1) is 0 Å². The van der Waals surface area contributed by atoms with Gasteiger partial charge in [0.25, 0.3) is 0 Å². The van der Waals surface area contributed by atoms with Crippen LogP contribution in [0, 0.1) is 26.6 Å². The molecular weight excluding hydrogens is 397 g/mol. The third-order valence-corrected chi connectivity index (χ3v) is 5.15. The maximum atomic E-state index is 13.1. The summed E-state index contributed by atoms with van der Waals surface area (Å²) in [5.41, 5.74) is 4.13. The summed E-state index contributed by atoms with van der Waals surface area (Å²) in [4.78, 5) is 24.6. The van der Waals surface area contributed by atoms with Crippen molar-refractivity contribution < 1.29 is 23.5 Å². The number of para-hydroxylation sites is 1. The molecule has 3 aromatic rings. The Morgan fingerprint density at radius 2 is 1.71 bits per heavy atom. The Hall–Kier alpha value is -3.41. The van der Waals surface area contributed by atoms with Crippen molar-refractivity contribution in [2.24, 2.45) is 0 Å². The van der Waals surface area contributed by atoms with E-state index in [1.54, 1.807) is 18.2 Å². The predicted octanol–water partition coefficient (Wildman–Crippen LogP) is 4.80. The normalized spacial score (nSPS) is 10.7. The largest absolute Gasteiger partial charge is 0.493 e. The summed E-state index contributed by atoms with van der Waals surface area (Å²) in [6.07, 6.45) is 0.0607. The van der Waals surface area contributed by atoms with E-state index in [4.69, 9.17) is 9.47 Å². The van der Waals surface area contributed by atoms with Crippen molar-refractivity contribution in [3.05, 3.63) is 88.5 Å². The van der Waals surface area contributed by atoms with Crippen LogP contribution < -0.4 is 4.74 Å². The fourth-order valence-electron chi connectivity index (χ4n) is 3.36. The van der Waals surface area contributed by atoms with E-state index in [2.05, 4.69) is 0 Å². The van der Waals surface area contributed by atoms with Crippen LogP contribution in [-0.2, 0) is 16.1 Å². The van der Waals surface area contributed by atoms with E-state index in [0.717, 1.165) is 28.3 Å². The Morgan fingerprint density at radius 3 is 2.42 bits per heavy atom. The van der Waals surface area contributed by atoms with Crippen LogP contribution in [0.25, 0.3) is 0 Å². The zero-order valence-corrected chi connectivity index (χ0v) is 18.0. The van der Waals surface area contributed by atoms with E-state index in [9.17, 15) is 14.0 Å². The number of carbonyl (C=O) groups is 2. The summed E-state index contributed by atoms with van der Waals surface area (Å²) < 4.78 is 25.8. The molecule has 6 heteroatoms. The number of nitrogens with zero attached hydrogens (tertiary/aromatic N) is 1. The molecule has 0 atom stereocenters. The molecule has 0 aliphatic rings. The van der Waals surface area contributed by atoms with E-state index < -0.39 is 5.97 Å². The Kier molecular flexibility index (Phi) is 7.23. The van der Waals surface area contributed by atoms with Gasteiger partial charge in [-0.3, -0.25) is 9.59 Å². The number of rotatable bonds is 9. The molecule has 0 aliphatic heterocycles. The van der Waals surface area contributed by atoms with Crippen LogP contribution in [0.15, 0.2) is 54.6 Å². The Morgan fingerprint density at radius 1 is 1.00 bits per heavy atom. The van der Waals surface area contributed by atoms with Gasteiger partial charge in [0.1, 0.15) is 11.6 Å². The van der Waals surface area contributed by atoms with Gasteiger partial charge in [0.15, 0.2) is 6.61 Å². The van der Waals surface area contributed by atoms with Crippen LogP contribution in [0.4, 0.5) is 4.39 Å². The zero-order chi connectivity index (χ0) is 22.4. The summed E-state index contributed by atoms with van der Waals surface area (Å²) >= 11 is 0. The number of aromatic nitrogens is 1. The molecule has 0 N–H and O–H groups in total. The van der Waals surface area contributed by atoms with E-state index in [1.165, 1.54) is 12.1 Å². The van der Waals surface area contributed by atoms with E-state index in [0.29, 0.717) is 12.1 Å². The van der Waals surface area contributed by atoms with Gasteiger partial charge in [-0.25, -0.2) is 4.39 Å². The minimum Gasteiger partial charge on any atom is -0.493 e. The maximum Gasteiger partial charge on any atom is 0.309 e. The van der Waals surface area contributed by atoms with Gasteiger partial charge in [-0.05, 0) is 56.2 Å². The van der Waals surface area contributed by atoms with Crippen LogP contribution >= 0.6 is 0 Å². The van der Waals surface area contributed by atoms with Crippen LogP contribution in [0.2, 0.25) is 0 Å². The highest BCUT2D eigenvalue weighted by Crippen LogP contribution is 2.19. The van der Waals surface area contributed by atoms with Crippen molar-refractivity contribution in [1.29, 1.82) is 0 Å². The lowest BCUT2D eigenvalue weighted by Crippen LogP contribution is -2.17. The topological polar surface area (TPSA) is 57.5 Å². The van der Waals surface area contributed by atoms with E-state index in [-0.39, 0.29) is 31.2 Å². The highest BCUT2D eigenvalue weighted by molar-refractivity contribution is 5.99. The summed E-state index contributed by atoms with van der Waals surface area (Å²) in [5, 5.41) is 0. The number of halogens is 1. The third-order valence-electron chi connectivity index (χ3n) is 5.15. The maximum absolute atomic E-state index is 13.1. The van der Waals surface area contributed by atoms with Crippen molar-refractivity contribution in [3.8, 4) is 5.75 Å². The predicted molar refractivity (Wildman–Crippen MR) is 116 cm³/mol. The molecule has 0 amide bonds. The number of esters is 1. The molecule has 0 unspecified atom stereocenters. The summed E-state index contributed by atoms with van der Waals surface area (Å²) in [6.45, 7) is 6.08. The number of benzene rings is 2. The number of ether oxygens (including phenoxy) is 2.